The zero-order chi connectivity index (χ0) is 29.1. The number of pyridine rings is 1. The number of halogens is 3. The third-order valence-corrected chi connectivity index (χ3v) is 8.64. The minimum absolute atomic E-state index is 0.291. The van der Waals surface area contributed by atoms with Crippen LogP contribution in [0.15, 0.2) is 61.1 Å². The Bertz CT molecular complexity index is 1490. The van der Waals surface area contributed by atoms with Crippen LogP contribution < -0.4 is 10.6 Å². The van der Waals surface area contributed by atoms with E-state index in [0.29, 0.717) is 30.8 Å². The van der Waals surface area contributed by atoms with Crippen LogP contribution in [0.5, 0.6) is 0 Å². The van der Waals surface area contributed by atoms with E-state index in [1.807, 2.05) is 30.5 Å². The molecule has 2 atom stereocenters. The van der Waals surface area contributed by atoms with Crippen LogP contribution in [0.2, 0.25) is 0 Å². The Balaban J connectivity index is 1.17. The van der Waals surface area contributed by atoms with Gasteiger partial charge in [-0.2, -0.15) is 13.2 Å². The zero-order valence-electron chi connectivity index (χ0n) is 23.9. The molecule has 4 aromatic rings. The highest BCUT2D eigenvalue weighted by atomic mass is 19.4. The predicted molar refractivity (Wildman–Crippen MR) is 159 cm³/mol. The molecule has 4 heterocycles. The maximum atomic E-state index is 13.5. The molecule has 1 fully saturated rings. The van der Waals surface area contributed by atoms with Crippen molar-refractivity contribution in [1.29, 1.82) is 0 Å². The van der Waals surface area contributed by atoms with Gasteiger partial charge in [-0.15, -0.1) is 0 Å². The molecule has 6 rings (SSSR count). The van der Waals surface area contributed by atoms with Gasteiger partial charge in [-0.1, -0.05) is 43.5 Å². The molecule has 1 aromatic carbocycles. The van der Waals surface area contributed by atoms with Crippen LogP contribution in [0.1, 0.15) is 56.2 Å². The molecule has 7 nitrogen and oxygen atoms in total. The molecule has 10 heteroatoms. The molecule has 0 spiro atoms. The summed E-state index contributed by atoms with van der Waals surface area (Å²) in [6.07, 6.45) is 8.34. The number of benzene rings is 1. The Morgan fingerprint density at radius 3 is 2.64 bits per heavy atom. The van der Waals surface area contributed by atoms with Gasteiger partial charge >= 0.3 is 6.18 Å². The minimum atomic E-state index is -4.32. The number of anilines is 1. The summed E-state index contributed by atoms with van der Waals surface area (Å²) in [6.45, 7) is 3.49. The summed E-state index contributed by atoms with van der Waals surface area (Å²) in [4.78, 5) is 16.2. The average Bonchev–Trinajstić information content (AvgIpc) is 3.43. The van der Waals surface area contributed by atoms with Crippen molar-refractivity contribution >= 4 is 16.9 Å². The van der Waals surface area contributed by atoms with Gasteiger partial charge in [0.1, 0.15) is 17.5 Å². The monoisotopic (exact) mass is 577 g/mol. The quantitative estimate of drug-likeness (QED) is 0.241. The van der Waals surface area contributed by atoms with Crippen molar-refractivity contribution in [3.05, 3.63) is 72.2 Å². The fourth-order valence-corrected chi connectivity index (χ4v) is 6.27. The second-order valence-electron chi connectivity index (χ2n) is 11.7. The van der Waals surface area contributed by atoms with E-state index in [2.05, 4.69) is 54.5 Å². The van der Waals surface area contributed by atoms with E-state index in [0.717, 1.165) is 36.1 Å². The lowest BCUT2D eigenvalue weighted by atomic mass is 9.95. The van der Waals surface area contributed by atoms with Gasteiger partial charge in [0.25, 0.3) is 0 Å². The number of fused-ring (bicyclic) bond motifs is 2. The van der Waals surface area contributed by atoms with E-state index in [-0.39, 0.29) is 0 Å². The van der Waals surface area contributed by atoms with Crippen molar-refractivity contribution in [2.24, 2.45) is 0 Å². The van der Waals surface area contributed by atoms with Crippen molar-refractivity contribution in [2.45, 2.75) is 76.3 Å². The third-order valence-electron chi connectivity index (χ3n) is 8.64. The molecule has 0 bridgehead atoms. The third kappa shape index (κ3) is 6.60. The summed E-state index contributed by atoms with van der Waals surface area (Å²) >= 11 is 0. The standard InChI is InChI=1S/C32H38F3N7/c1-22(32(33,34)35)39-27(21-41-15-12-23-7-5-6-8-26(23)20-41)19-37-29-17-24(11-14-36-29)30-38-18-25-13-16-42(31(25)40-30)28-9-3-2-4-10-28/h5-8,11,13-14,16-18,22,27-28,39H,2-4,9-10,12,15,19-21H2,1H3,(H,36,37). The van der Waals surface area contributed by atoms with E-state index >= 15 is 0 Å². The summed E-state index contributed by atoms with van der Waals surface area (Å²) in [6, 6.07) is 12.5. The van der Waals surface area contributed by atoms with Gasteiger partial charge in [-0.25, -0.2) is 15.0 Å². The largest absolute Gasteiger partial charge is 0.403 e. The topological polar surface area (TPSA) is 70.9 Å². The summed E-state index contributed by atoms with van der Waals surface area (Å²) in [5, 5.41) is 7.12. The molecule has 0 saturated heterocycles. The average molecular weight is 578 g/mol. The van der Waals surface area contributed by atoms with Gasteiger partial charge in [0.15, 0.2) is 5.82 Å². The van der Waals surface area contributed by atoms with Crippen LogP contribution in [0, 0.1) is 0 Å². The van der Waals surface area contributed by atoms with Crippen LogP contribution in [-0.4, -0.2) is 62.3 Å². The molecule has 222 valence electrons. The van der Waals surface area contributed by atoms with Gasteiger partial charge in [0.2, 0.25) is 0 Å². The summed E-state index contributed by atoms with van der Waals surface area (Å²) in [5.41, 5.74) is 4.30. The molecule has 0 radical (unpaired) electrons. The van der Waals surface area contributed by atoms with Crippen LogP contribution in [-0.2, 0) is 13.0 Å². The Labute approximate surface area is 244 Å². The molecule has 2 aliphatic rings. The van der Waals surface area contributed by atoms with Crippen molar-refractivity contribution in [2.75, 3.05) is 25.0 Å². The zero-order valence-corrected chi connectivity index (χ0v) is 23.9. The Morgan fingerprint density at radius 1 is 1.02 bits per heavy atom. The maximum Gasteiger partial charge on any atom is 0.403 e. The molecule has 2 N–H and O–H groups in total. The van der Waals surface area contributed by atoms with E-state index in [4.69, 9.17) is 4.98 Å². The Morgan fingerprint density at radius 2 is 1.83 bits per heavy atom. The second-order valence-corrected chi connectivity index (χ2v) is 11.7. The van der Waals surface area contributed by atoms with E-state index in [1.165, 1.54) is 50.2 Å². The van der Waals surface area contributed by atoms with E-state index in [9.17, 15) is 13.2 Å². The first-order valence-electron chi connectivity index (χ1n) is 15.0. The molecular formula is C32H38F3N7. The number of nitrogens with one attached hydrogen (secondary N) is 2. The van der Waals surface area contributed by atoms with Crippen molar-refractivity contribution in [3.8, 4) is 11.4 Å². The number of aromatic nitrogens is 4. The highest BCUT2D eigenvalue weighted by Gasteiger charge is 2.37. The predicted octanol–water partition coefficient (Wildman–Crippen LogP) is 6.38. The number of hydrogen-bond donors (Lipinski definition) is 2. The van der Waals surface area contributed by atoms with E-state index in [1.54, 1.807) is 6.20 Å². The minimum Gasteiger partial charge on any atom is -0.368 e. The smallest absolute Gasteiger partial charge is 0.368 e. The molecule has 1 saturated carbocycles. The fraction of sp³-hybridized carbons (Fsp3) is 0.469. The van der Waals surface area contributed by atoms with Crippen molar-refractivity contribution in [3.63, 3.8) is 0 Å². The van der Waals surface area contributed by atoms with Crippen LogP contribution in [0.3, 0.4) is 0 Å². The first kappa shape index (κ1) is 28.6. The van der Waals surface area contributed by atoms with Gasteiger partial charge in [0.05, 0.1) is 0 Å². The van der Waals surface area contributed by atoms with Crippen molar-refractivity contribution in [1.82, 2.24) is 29.7 Å². The van der Waals surface area contributed by atoms with Gasteiger partial charge in [-0.05, 0) is 55.5 Å². The maximum absolute atomic E-state index is 13.5. The number of nitrogens with zero attached hydrogens (tertiary/aromatic N) is 5. The molecular weight excluding hydrogens is 539 g/mol. The van der Waals surface area contributed by atoms with Gasteiger partial charge in [-0.3, -0.25) is 4.90 Å². The molecule has 1 aliphatic heterocycles. The summed E-state index contributed by atoms with van der Waals surface area (Å²) < 4.78 is 42.8. The SMILES string of the molecule is CC(NC(CNc1cc(-c2ncc3ccn(C4CCCCC4)c3n2)ccn1)CN1CCc2ccccc2C1)C(F)(F)F. The van der Waals surface area contributed by atoms with Crippen molar-refractivity contribution < 1.29 is 13.2 Å². The number of rotatable bonds is 9. The lowest BCUT2D eigenvalue weighted by Gasteiger charge is -2.34. The fourth-order valence-electron chi connectivity index (χ4n) is 6.27. The first-order valence-corrected chi connectivity index (χ1v) is 15.0. The molecule has 3 aromatic heterocycles. The van der Waals surface area contributed by atoms with Crippen LogP contribution in [0.25, 0.3) is 22.4 Å². The van der Waals surface area contributed by atoms with E-state index < -0.39 is 18.3 Å². The Kier molecular flexibility index (Phi) is 8.44. The normalized spacial score (nSPS) is 18.1. The van der Waals surface area contributed by atoms with Gasteiger partial charge in [0, 0.05) is 67.8 Å². The lowest BCUT2D eigenvalue weighted by molar-refractivity contribution is -0.153. The highest BCUT2D eigenvalue weighted by Crippen LogP contribution is 2.31. The first-order chi connectivity index (χ1) is 20.3. The lowest BCUT2D eigenvalue weighted by Crippen LogP contribution is -2.53. The second kappa shape index (κ2) is 12.4. The molecule has 2 unspecified atom stereocenters. The summed E-state index contributed by atoms with van der Waals surface area (Å²) in [5.74, 6) is 1.19. The van der Waals surface area contributed by atoms with Gasteiger partial charge < -0.3 is 15.2 Å². The number of hydrogen-bond acceptors (Lipinski definition) is 6. The molecule has 0 amide bonds. The highest BCUT2D eigenvalue weighted by molar-refractivity contribution is 5.77. The Hall–Kier alpha value is -3.50. The molecule has 42 heavy (non-hydrogen) atoms. The molecule has 1 aliphatic carbocycles. The van der Waals surface area contributed by atoms with Crippen LogP contribution >= 0.6 is 0 Å². The number of alkyl halides is 3. The van der Waals surface area contributed by atoms with Crippen LogP contribution in [0.4, 0.5) is 19.0 Å². The summed E-state index contributed by atoms with van der Waals surface area (Å²) in [7, 11) is 0.